The summed E-state index contributed by atoms with van der Waals surface area (Å²) in [4.78, 5) is 34.1. The lowest BCUT2D eigenvalue weighted by atomic mass is 10.0. The standard InChI is InChI=1S/C23H26ClN5O4S2/c1-28(2)16-4-3-9-29(12-16)15-6-7-18(24)17(11-15)21(30)26-22(31)27-23-25-19-8-5-14(13-35(32)33)10-20(19)34-23/h5-8,10-11,16H,3-4,9,12-13H2,1-2H3,(H,32,33)(H2,25,26,27,30,31). The van der Waals surface area contributed by atoms with Crippen LogP contribution in [0.3, 0.4) is 0 Å². The average Bonchev–Trinajstić information content (AvgIpc) is 3.20. The van der Waals surface area contributed by atoms with Gasteiger partial charge in [0.2, 0.25) is 0 Å². The van der Waals surface area contributed by atoms with Gasteiger partial charge in [0.1, 0.15) is 0 Å². The Hall–Kier alpha value is -2.57. The molecule has 1 saturated heterocycles. The molecule has 2 atom stereocenters. The van der Waals surface area contributed by atoms with E-state index < -0.39 is 23.0 Å². The quantitative estimate of drug-likeness (QED) is 0.406. The van der Waals surface area contributed by atoms with Gasteiger partial charge in [-0.1, -0.05) is 29.0 Å². The Kier molecular flexibility index (Phi) is 8.02. The molecule has 4 rings (SSSR count). The second-order valence-corrected chi connectivity index (χ2v) is 10.9. The van der Waals surface area contributed by atoms with Crippen molar-refractivity contribution < 1.29 is 18.4 Å². The predicted octanol–water partition coefficient (Wildman–Crippen LogP) is 4.16. The number of benzene rings is 2. The van der Waals surface area contributed by atoms with Crippen LogP contribution >= 0.6 is 22.9 Å². The minimum Gasteiger partial charge on any atom is -0.370 e. The van der Waals surface area contributed by atoms with E-state index in [2.05, 4.69) is 39.5 Å². The number of urea groups is 1. The summed E-state index contributed by atoms with van der Waals surface area (Å²) < 4.78 is 20.9. The minimum absolute atomic E-state index is 0.0125. The number of nitrogens with one attached hydrogen (secondary N) is 2. The number of likely N-dealkylation sites (N-methyl/N-ethyl adjacent to an activating group) is 1. The molecule has 2 unspecified atom stereocenters. The van der Waals surface area contributed by atoms with Crippen LogP contribution in [0, 0.1) is 0 Å². The fourth-order valence-electron chi connectivity index (χ4n) is 4.05. The van der Waals surface area contributed by atoms with Crippen LogP contribution in [-0.2, 0) is 16.8 Å². The van der Waals surface area contributed by atoms with E-state index in [4.69, 9.17) is 16.2 Å². The second-order valence-electron chi connectivity index (χ2n) is 8.56. The molecule has 1 aliphatic rings. The number of nitrogens with zero attached hydrogens (tertiary/aromatic N) is 3. The lowest BCUT2D eigenvalue weighted by Crippen LogP contribution is -2.45. The largest absolute Gasteiger partial charge is 0.370 e. The highest BCUT2D eigenvalue weighted by Crippen LogP contribution is 2.28. The molecule has 186 valence electrons. The van der Waals surface area contributed by atoms with Crippen molar-refractivity contribution in [3.05, 3.63) is 52.5 Å². The third kappa shape index (κ3) is 6.36. The van der Waals surface area contributed by atoms with E-state index in [0.29, 0.717) is 22.3 Å². The van der Waals surface area contributed by atoms with Crippen molar-refractivity contribution in [2.24, 2.45) is 0 Å². The molecule has 1 aliphatic heterocycles. The van der Waals surface area contributed by atoms with E-state index in [9.17, 15) is 13.8 Å². The van der Waals surface area contributed by atoms with Crippen LogP contribution in [0.15, 0.2) is 36.4 Å². The number of piperidine rings is 1. The number of amides is 3. The Labute approximate surface area is 214 Å². The van der Waals surface area contributed by atoms with Crippen molar-refractivity contribution in [1.29, 1.82) is 0 Å². The van der Waals surface area contributed by atoms with Gasteiger partial charge >= 0.3 is 6.03 Å². The monoisotopic (exact) mass is 535 g/mol. The van der Waals surface area contributed by atoms with Gasteiger partial charge in [-0.15, -0.1) is 0 Å². The lowest BCUT2D eigenvalue weighted by molar-refractivity contribution is 0.0967. The maximum absolute atomic E-state index is 12.8. The topological polar surface area (TPSA) is 115 Å². The number of carbonyl (C=O) groups excluding carboxylic acids is 2. The minimum atomic E-state index is -1.95. The fraction of sp³-hybridized carbons (Fsp3) is 0.348. The Morgan fingerprint density at radius 1 is 1.29 bits per heavy atom. The molecule has 2 aromatic carbocycles. The first-order chi connectivity index (χ1) is 16.7. The van der Waals surface area contributed by atoms with Gasteiger partial charge in [-0.2, -0.15) is 0 Å². The van der Waals surface area contributed by atoms with Crippen LogP contribution in [-0.4, -0.2) is 63.8 Å². The van der Waals surface area contributed by atoms with Gasteiger partial charge in [0, 0.05) is 24.8 Å². The number of fused-ring (bicyclic) bond motifs is 1. The summed E-state index contributed by atoms with van der Waals surface area (Å²) in [6.07, 6.45) is 2.18. The van der Waals surface area contributed by atoms with Gasteiger partial charge in [0.15, 0.2) is 16.2 Å². The molecule has 1 aromatic heterocycles. The van der Waals surface area contributed by atoms with Gasteiger partial charge in [0.25, 0.3) is 5.91 Å². The Bertz CT molecular complexity index is 1280. The maximum atomic E-state index is 12.8. The van der Waals surface area contributed by atoms with Crippen molar-refractivity contribution in [2.45, 2.75) is 24.6 Å². The number of anilines is 2. The Morgan fingerprint density at radius 2 is 2.09 bits per heavy atom. The third-order valence-corrected chi connectivity index (χ3v) is 7.72. The number of rotatable bonds is 6. The number of hydrogen-bond acceptors (Lipinski definition) is 7. The van der Waals surface area contributed by atoms with Crippen LogP contribution in [0.25, 0.3) is 10.2 Å². The smallest absolute Gasteiger partial charge is 0.327 e. The summed E-state index contributed by atoms with van der Waals surface area (Å²) in [7, 11) is 4.13. The number of aromatic nitrogens is 1. The molecule has 9 nitrogen and oxygen atoms in total. The van der Waals surface area contributed by atoms with E-state index in [1.165, 1.54) is 11.3 Å². The first-order valence-corrected chi connectivity index (χ1v) is 13.5. The summed E-state index contributed by atoms with van der Waals surface area (Å²) in [6, 6.07) is 10.2. The van der Waals surface area contributed by atoms with Gasteiger partial charge in [-0.05, 0) is 62.8 Å². The fourth-order valence-corrected chi connectivity index (χ4v) is 5.64. The number of imide groups is 1. The molecule has 0 aliphatic carbocycles. The highest BCUT2D eigenvalue weighted by atomic mass is 35.5. The summed E-state index contributed by atoms with van der Waals surface area (Å²) in [5.74, 6) is -0.595. The molecule has 2 heterocycles. The normalized spacial score (nSPS) is 16.9. The zero-order valence-corrected chi connectivity index (χ0v) is 21.7. The van der Waals surface area contributed by atoms with Crippen LogP contribution in [0.1, 0.15) is 28.8 Å². The van der Waals surface area contributed by atoms with Gasteiger partial charge in [0.05, 0.1) is 26.6 Å². The highest BCUT2D eigenvalue weighted by molar-refractivity contribution is 7.78. The number of thiazole rings is 1. The zero-order chi connectivity index (χ0) is 25.1. The molecule has 35 heavy (non-hydrogen) atoms. The molecule has 3 aromatic rings. The number of hydrogen-bond donors (Lipinski definition) is 3. The molecule has 0 spiro atoms. The van der Waals surface area contributed by atoms with E-state index in [-0.39, 0.29) is 16.3 Å². The van der Waals surface area contributed by atoms with E-state index in [0.717, 1.165) is 36.3 Å². The summed E-state index contributed by atoms with van der Waals surface area (Å²) in [5.41, 5.74) is 2.43. The molecule has 0 radical (unpaired) electrons. The molecule has 0 bridgehead atoms. The van der Waals surface area contributed by atoms with Crippen LogP contribution in [0.5, 0.6) is 0 Å². The molecule has 3 N–H and O–H groups in total. The summed E-state index contributed by atoms with van der Waals surface area (Å²) in [5, 5.41) is 5.45. The van der Waals surface area contributed by atoms with Gasteiger partial charge in [-0.25, -0.2) is 14.0 Å². The van der Waals surface area contributed by atoms with Gasteiger partial charge in [-0.3, -0.25) is 15.4 Å². The molecule has 0 saturated carbocycles. The van der Waals surface area contributed by atoms with Crippen LogP contribution in [0.2, 0.25) is 5.02 Å². The molecular formula is C23H26ClN5O4S2. The third-order valence-electron chi connectivity index (χ3n) is 5.88. The van der Waals surface area contributed by atoms with E-state index >= 15 is 0 Å². The summed E-state index contributed by atoms with van der Waals surface area (Å²) >= 11 is 5.55. The maximum Gasteiger partial charge on any atom is 0.327 e. The molecular weight excluding hydrogens is 510 g/mol. The average molecular weight is 536 g/mol. The zero-order valence-electron chi connectivity index (χ0n) is 19.3. The predicted molar refractivity (Wildman–Crippen MR) is 141 cm³/mol. The summed E-state index contributed by atoms with van der Waals surface area (Å²) in [6.45, 7) is 1.74. The lowest BCUT2D eigenvalue weighted by Gasteiger charge is -2.37. The molecule has 1 fully saturated rings. The first-order valence-electron chi connectivity index (χ1n) is 11.0. The van der Waals surface area contributed by atoms with Crippen molar-refractivity contribution in [2.75, 3.05) is 37.4 Å². The van der Waals surface area contributed by atoms with Crippen molar-refractivity contribution in [1.82, 2.24) is 15.2 Å². The number of carbonyl (C=O) groups is 2. The highest BCUT2D eigenvalue weighted by Gasteiger charge is 2.23. The van der Waals surface area contributed by atoms with Crippen molar-refractivity contribution in [3.8, 4) is 0 Å². The van der Waals surface area contributed by atoms with Crippen molar-refractivity contribution >= 4 is 67.0 Å². The SMILES string of the molecule is CN(C)C1CCCN(c2ccc(Cl)c(C(=O)NC(=O)Nc3nc4ccc(CS(=O)O)cc4s3)c2)C1. The number of halogens is 1. The van der Waals surface area contributed by atoms with Crippen LogP contribution < -0.4 is 15.5 Å². The Morgan fingerprint density at radius 3 is 2.83 bits per heavy atom. The van der Waals surface area contributed by atoms with E-state index in [1.807, 2.05) is 6.07 Å². The second kappa shape index (κ2) is 11.0. The van der Waals surface area contributed by atoms with Gasteiger partial charge < -0.3 is 14.4 Å². The molecule has 3 amide bonds. The van der Waals surface area contributed by atoms with Crippen LogP contribution in [0.4, 0.5) is 15.6 Å². The Balaban J connectivity index is 1.43. The van der Waals surface area contributed by atoms with E-state index in [1.54, 1.807) is 30.3 Å². The first kappa shape index (κ1) is 25.5. The van der Waals surface area contributed by atoms with Crippen molar-refractivity contribution in [3.63, 3.8) is 0 Å². The molecule has 12 heteroatoms.